The van der Waals surface area contributed by atoms with Crippen LogP contribution in [0.3, 0.4) is 0 Å². The predicted octanol–water partition coefficient (Wildman–Crippen LogP) is 4.29. The molecule has 1 saturated heterocycles. The van der Waals surface area contributed by atoms with E-state index in [9.17, 15) is 8.42 Å². The van der Waals surface area contributed by atoms with Crippen molar-refractivity contribution < 1.29 is 27.4 Å². The van der Waals surface area contributed by atoms with E-state index >= 15 is 0 Å². The van der Waals surface area contributed by atoms with Gasteiger partial charge >= 0.3 is 0 Å². The van der Waals surface area contributed by atoms with Gasteiger partial charge in [0.15, 0.2) is 15.0 Å². The molecule has 1 fully saturated rings. The van der Waals surface area contributed by atoms with Crippen molar-refractivity contribution in [1.82, 2.24) is 4.98 Å². The van der Waals surface area contributed by atoms with E-state index in [4.69, 9.17) is 23.9 Å². The highest BCUT2D eigenvalue weighted by atomic mass is 32.2. The van der Waals surface area contributed by atoms with Gasteiger partial charge in [0.25, 0.3) is 0 Å². The zero-order valence-electron chi connectivity index (χ0n) is 19.6. The van der Waals surface area contributed by atoms with E-state index in [1.807, 2.05) is 23.6 Å². The van der Waals surface area contributed by atoms with Gasteiger partial charge in [-0.25, -0.2) is 13.4 Å². The molecule has 0 aliphatic carbocycles. The van der Waals surface area contributed by atoms with Gasteiger partial charge in [0.2, 0.25) is 0 Å². The van der Waals surface area contributed by atoms with Gasteiger partial charge in [-0.1, -0.05) is 0 Å². The monoisotopic (exact) mass is 504 g/mol. The highest BCUT2D eigenvalue weighted by molar-refractivity contribution is 7.92. The molecule has 0 bridgehead atoms. The molecule has 0 N–H and O–H groups in total. The quantitative estimate of drug-likeness (QED) is 0.449. The normalized spacial score (nSPS) is 14.6. The summed E-state index contributed by atoms with van der Waals surface area (Å²) in [6.07, 6.45) is 1.01. The standard InChI is InChI=1S/C24H28N2O6S2/c1-29-16-5-7-19(22(13-16)32-4)20-15-33-24(25-20)26-11-9-18(10-12-26)34(27,28)23-14-17(30-2)6-8-21(23)31-3/h5-8,13-15,18H,9-12H2,1-4H3. The van der Waals surface area contributed by atoms with Crippen molar-refractivity contribution in [1.29, 1.82) is 0 Å². The first-order valence-electron chi connectivity index (χ1n) is 10.8. The number of benzene rings is 2. The summed E-state index contributed by atoms with van der Waals surface area (Å²) in [4.78, 5) is 7.12. The number of rotatable bonds is 8. The van der Waals surface area contributed by atoms with Crippen LogP contribution in [0.15, 0.2) is 46.7 Å². The molecule has 0 saturated carbocycles. The molecule has 2 heterocycles. The van der Waals surface area contributed by atoms with E-state index in [1.165, 1.54) is 31.6 Å². The smallest absolute Gasteiger partial charge is 0.185 e. The second-order valence-electron chi connectivity index (χ2n) is 7.83. The van der Waals surface area contributed by atoms with Gasteiger partial charge in [-0.3, -0.25) is 0 Å². The molecule has 8 nitrogen and oxygen atoms in total. The van der Waals surface area contributed by atoms with Crippen molar-refractivity contribution in [2.24, 2.45) is 0 Å². The fraction of sp³-hybridized carbons (Fsp3) is 0.375. The molecule has 0 atom stereocenters. The highest BCUT2D eigenvalue weighted by Crippen LogP contribution is 2.38. The number of aromatic nitrogens is 1. The second kappa shape index (κ2) is 10.1. The number of thiazole rings is 1. The Hall–Kier alpha value is -2.98. The zero-order valence-corrected chi connectivity index (χ0v) is 21.2. The van der Waals surface area contributed by atoms with Gasteiger partial charge in [-0.05, 0) is 37.1 Å². The van der Waals surface area contributed by atoms with Gasteiger partial charge in [0.05, 0.1) is 39.4 Å². The highest BCUT2D eigenvalue weighted by Gasteiger charge is 2.34. The number of hydrogen-bond donors (Lipinski definition) is 0. The number of ether oxygens (including phenoxy) is 4. The topological polar surface area (TPSA) is 87.2 Å². The van der Waals surface area contributed by atoms with E-state index in [0.717, 1.165) is 16.4 Å². The van der Waals surface area contributed by atoms with Crippen LogP contribution in [-0.4, -0.2) is 60.2 Å². The Morgan fingerprint density at radius 1 is 0.882 bits per heavy atom. The molecule has 2 aromatic carbocycles. The Bertz CT molecular complexity index is 1250. The van der Waals surface area contributed by atoms with Crippen LogP contribution in [0.1, 0.15) is 12.8 Å². The van der Waals surface area contributed by atoms with Crippen molar-refractivity contribution >= 4 is 26.3 Å². The first kappa shape index (κ1) is 24.2. The molecule has 1 aliphatic heterocycles. The number of sulfone groups is 1. The number of nitrogens with zero attached hydrogens (tertiary/aromatic N) is 2. The van der Waals surface area contributed by atoms with Gasteiger partial charge in [-0.2, -0.15) is 0 Å². The molecule has 0 amide bonds. The van der Waals surface area contributed by atoms with Crippen LogP contribution in [0.4, 0.5) is 5.13 Å². The third-order valence-corrected chi connectivity index (χ3v) is 9.19. The minimum absolute atomic E-state index is 0.177. The minimum atomic E-state index is -3.57. The minimum Gasteiger partial charge on any atom is -0.497 e. The summed E-state index contributed by atoms with van der Waals surface area (Å²) in [7, 11) is 2.65. The lowest BCUT2D eigenvalue weighted by molar-refractivity contribution is 0.391. The first-order chi connectivity index (χ1) is 16.4. The number of anilines is 1. The van der Waals surface area contributed by atoms with E-state index in [-0.39, 0.29) is 4.90 Å². The number of piperidine rings is 1. The fourth-order valence-corrected chi connectivity index (χ4v) is 6.87. The molecule has 10 heteroatoms. The summed E-state index contributed by atoms with van der Waals surface area (Å²) in [5.74, 6) is 2.22. The summed E-state index contributed by atoms with van der Waals surface area (Å²) in [5, 5.41) is 2.36. The predicted molar refractivity (Wildman–Crippen MR) is 133 cm³/mol. The fourth-order valence-electron chi connectivity index (χ4n) is 4.09. The molecule has 3 aromatic rings. The molecule has 1 aromatic heterocycles. The van der Waals surface area contributed by atoms with Crippen LogP contribution in [0.2, 0.25) is 0 Å². The summed E-state index contributed by atoms with van der Waals surface area (Å²) >= 11 is 1.54. The molecule has 182 valence electrons. The Morgan fingerprint density at radius 3 is 2.18 bits per heavy atom. The van der Waals surface area contributed by atoms with Crippen molar-refractivity contribution in [3.63, 3.8) is 0 Å². The average molecular weight is 505 g/mol. The lowest BCUT2D eigenvalue weighted by atomic mass is 10.1. The van der Waals surface area contributed by atoms with Crippen LogP contribution in [0.5, 0.6) is 23.0 Å². The molecule has 4 rings (SSSR count). The van der Waals surface area contributed by atoms with Crippen LogP contribution >= 0.6 is 11.3 Å². The van der Waals surface area contributed by atoms with Crippen molar-refractivity contribution in [2.75, 3.05) is 46.4 Å². The van der Waals surface area contributed by atoms with E-state index in [0.29, 0.717) is 48.9 Å². The Labute approximate surface area is 204 Å². The SMILES string of the molecule is COc1ccc(-c2csc(N3CCC(S(=O)(=O)c4cc(OC)ccc4OC)CC3)n2)c(OC)c1. The largest absolute Gasteiger partial charge is 0.497 e. The molecular formula is C24H28N2O6S2. The van der Waals surface area contributed by atoms with Crippen LogP contribution in [-0.2, 0) is 9.84 Å². The van der Waals surface area contributed by atoms with Crippen molar-refractivity contribution in [2.45, 2.75) is 23.0 Å². The second-order valence-corrected chi connectivity index (χ2v) is 10.9. The molecule has 1 aliphatic rings. The molecule has 0 spiro atoms. The van der Waals surface area contributed by atoms with Crippen LogP contribution in [0, 0.1) is 0 Å². The maximum atomic E-state index is 13.4. The Balaban J connectivity index is 1.50. The zero-order chi connectivity index (χ0) is 24.3. The maximum Gasteiger partial charge on any atom is 0.185 e. The van der Waals surface area contributed by atoms with Gasteiger partial charge in [-0.15, -0.1) is 11.3 Å². The first-order valence-corrected chi connectivity index (χ1v) is 13.2. The lowest BCUT2D eigenvalue weighted by Crippen LogP contribution is -2.39. The number of hydrogen-bond acceptors (Lipinski definition) is 9. The van der Waals surface area contributed by atoms with Gasteiger partial charge < -0.3 is 23.8 Å². The summed E-state index contributed by atoms with van der Waals surface area (Å²) in [6, 6.07) is 10.5. The summed E-state index contributed by atoms with van der Waals surface area (Å²) in [5.41, 5.74) is 1.70. The molecular weight excluding hydrogens is 476 g/mol. The average Bonchev–Trinajstić information content (AvgIpc) is 3.38. The Kier molecular flexibility index (Phi) is 7.18. The molecule has 0 unspecified atom stereocenters. The third-order valence-electron chi connectivity index (χ3n) is 6.01. The summed E-state index contributed by atoms with van der Waals surface area (Å²) in [6.45, 7) is 1.20. The summed E-state index contributed by atoms with van der Waals surface area (Å²) < 4.78 is 48.1. The van der Waals surface area contributed by atoms with Gasteiger partial charge in [0.1, 0.15) is 27.9 Å². The third kappa shape index (κ3) is 4.65. The van der Waals surface area contributed by atoms with Crippen LogP contribution in [0.25, 0.3) is 11.3 Å². The van der Waals surface area contributed by atoms with Crippen molar-refractivity contribution in [3.8, 4) is 34.3 Å². The lowest BCUT2D eigenvalue weighted by Gasteiger charge is -2.31. The molecule has 0 radical (unpaired) electrons. The van der Waals surface area contributed by atoms with Crippen LogP contribution < -0.4 is 23.8 Å². The van der Waals surface area contributed by atoms with E-state index in [2.05, 4.69) is 4.90 Å². The van der Waals surface area contributed by atoms with Crippen molar-refractivity contribution in [3.05, 3.63) is 41.8 Å². The Morgan fingerprint density at radius 2 is 1.53 bits per heavy atom. The van der Waals surface area contributed by atoms with Gasteiger partial charge in [0, 0.05) is 36.2 Å². The van der Waals surface area contributed by atoms with E-state index in [1.54, 1.807) is 26.4 Å². The molecule has 34 heavy (non-hydrogen) atoms. The van der Waals surface area contributed by atoms with E-state index < -0.39 is 15.1 Å². The maximum absolute atomic E-state index is 13.4. The number of methoxy groups -OCH3 is 4.